The number of aryl methyl sites for hydroxylation is 2. The number of carbonyl (C=O) groups is 2. The summed E-state index contributed by atoms with van der Waals surface area (Å²) in [6.07, 6.45) is 3.32. The van der Waals surface area contributed by atoms with Gasteiger partial charge in [0.05, 0.1) is 10.4 Å². The van der Waals surface area contributed by atoms with Crippen LogP contribution in [0.15, 0.2) is 48.8 Å². The van der Waals surface area contributed by atoms with Crippen molar-refractivity contribution >= 4 is 28.9 Å². The molecular weight excluding hydrogens is 336 g/mol. The normalized spacial score (nSPS) is 10.5. The second-order valence-corrected chi connectivity index (χ2v) is 6.73. The first-order valence-electron chi connectivity index (χ1n) is 7.62. The molecule has 1 aromatic carbocycles. The lowest BCUT2D eigenvalue weighted by atomic mass is 10.0. The summed E-state index contributed by atoms with van der Waals surface area (Å²) < 4.78 is 0. The average molecular weight is 352 g/mol. The fraction of sp³-hybridized carbons (Fsp3) is 0.105. The third-order valence-electron chi connectivity index (χ3n) is 3.85. The number of anilines is 1. The van der Waals surface area contributed by atoms with E-state index in [0.717, 1.165) is 27.3 Å². The van der Waals surface area contributed by atoms with Gasteiger partial charge in [-0.1, -0.05) is 6.07 Å². The number of aromatic carboxylic acids is 1. The second-order valence-electron chi connectivity index (χ2n) is 5.64. The smallest absolute Gasteiger partial charge is 0.335 e. The summed E-state index contributed by atoms with van der Waals surface area (Å²) in [7, 11) is 0. The first-order valence-corrected chi connectivity index (χ1v) is 8.43. The fourth-order valence-corrected chi connectivity index (χ4v) is 3.41. The Balaban J connectivity index is 1.88. The van der Waals surface area contributed by atoms with E-state index in [-0.39, 0.29) is 11.5 Å². The number of carboxylic acids is 1. The van der Waals surface area contributed by atoms with Crippen LogP contribution in [0.3, 0.4) is 0 Å². The molecule has 0 saturated heterocycles. The first-order chi connectivity index (χ1) is 12.0. The number of aromatic nitrogens is 1. The monoisotopic (exact) mass is 352 g/mol. The highest BCUT2D eigenvalue weighted by Crippen LogP contribution is 2.32. The van der Waals surface area contributed by atoms with Crippen molar-refractivity contribution in [2.45, 2.75) is 13.8 Å². The van der Waals surface area contributed by atoms with E-state index >= 15 is 0 Å². The minimum atomic E-state index is -0.969. The van der Waals surface area contributed by atoms with Gasteiger partial charge in [0, 0.05) is 23.0 Å². The molecule has 25 heavy (non-hydrogen) atoms. The van der Waals surface area contributed by atoms with Gasteiger partial charge in [-0.05, 0) is 60.9 Å². The number of nitrogens with zero attached hydrogens (tertiary/aromatic N) is 1. The van der Waals surface area contributed by atoms with Crippen molar-refractivity contribution in [3.63, 3.8) is 0 Å². The molecule has 3 aromatic rings. The molecule has 0 atom stereocenters. The van der Waals surface area contributed by atoms with Crippen LogP contribution in [0.4, 0.5) is 5.69 Å². The lowest BCUT2D eigenvalue weighted by molar-refractivity contribution is 0.0696. The van der Waals surface area contributed by atoms with Crippen LogP contribution in [0, 0.1) is 13.8 Å². The molecule has 2 N–H and O–H groups in total. The summed E-state index contributed by atoms with van der Waals surface area (Å²) in [5.41, 5.74) is 3.62. The van der Waals surface area contributed by atoms with E-state index in [1.807, 2.05) is 19.9 Å². The van der Waals surface area contributed by atoms with Crippen molar-refractivity contribution in [2.75, 3.05) is 5.32 Å². The van der Waals surface area contributed by atoms with Crippen molar-refractivity contribution < 1.29 is 14.7 Å². The SMILES string of the molecule is Cc1cnccc1NC(=O)c1ccc(-c2cc(C(=O)O)ccc2C)s1. The first kappa shape index (κ1) is 16.9. The number of nitrogens with one attached hydrogen (secondary N) is 1. The summed E-state index contributed by atoms with van der Waals surface area (Å²) in [5.74, 6) is -1.17. The van der Waals surface area contributed by atoms with E-state index in [2.05, 4.69) is 10.3 Å². The number of rotatable bonds is 4. The maximum absolute atomic E-state index is 12.5. The fourth-order valence-electron chi connectivity index (χ4n) is 2.42. The van der Waals surface area contributed by atoms with Gasteiger partial charge in [0.1, 0.15) is 0 Å². The molecule has 0 aliphatic carbocycles. The standard InChI is InChI=1S/C19H16N2O3S/c1-11-3-4-13(19(23)24)9-14(11)16-5-6-17(25-16)18(22)21-15-7-8-20-10-12(15)2/h3-10H,1-2H3,(H,23,24)(H,20,21,22). The average Bonchev–Trinajstić information content (AvgIpc) is 3.07. The van der Waals surface area contributed by atoms with Crippen LogP contribution < -0.4 is 5.32 Å². The third kappa shape index (κ3) is 3.59. The number of hydrogen-bond acceptors (Lipinski definition) is 4. The third-order valence-corrected chi connectivity index (χ3v) is 4.97. The van der Waals surface area contributed by atoms with Gasteiger partial charge in [-0.3, -0.25) is 9.78 Å². The number of carboxylic acid groups (broad SMARTS) is 1. The van der Waals surface area contributed by atoms with Gasteiger partial charge in [0.2, 0.25) is 0 Å². The Hall–Kier alpha value is -2.99. The van der Waals surface area contributed by atoms with E-state index in [1.165, 1.54) is 11.3 Å². The Morgan fingerprint density at radius 3 is 2.60 bits per heavy atom. The number of amides is 1. The molecule has 2 aromatic heterocycles. The zero-order valence-corrected chi connectivity index (χ0v) is 14.6. The zero-order valence-electron chi connectivity index (χ0n) is 13.7. The highest BCUT2D eigenvalue weighted by atomic mass is 32.1. The van der Waals surface area contributed by atoms with Gasteiger partial charge >= 0.3 is 5.97 Å². The molecule has 3 rings (SSSR count). The Morgan fingerprint density at radius 1 is 1.08 bits per heavy atom. The molecule has 0 saturated carbocycles. The van der Waals surface area contributed by atoms with Gasteiger partial charge in [0.25, 0.3) is 5.91 Å². The van der Waals surface area contributed by atoms with Crippen LogP contribution in [0.2, 0.25) is 0 Å². The Bertz CT molecular complexity index is 963. The van der Waals surface area contributed by atoms with Gasteiger partial charge < -0.3 is 10.4 Å². The predicted molar refractivity (Wildman–Crippen MR) is 98.4 cm³/mol. The molecule has 0 radical (unpaired) electrons. The van der Waals surface area contributed by atoms with Gasteiger partial charge in [0.15, 0.2) is 0 Å². The maximum atomic E-state index is 12.5. The van der Waals surface area contributed by atoms with Gasteiger partial charge in [-0.15, -0.1) is 11.3 Å². The second kappa shape index (κ2) is 6.86. The summed E-state index contributed by atoms with van der Waals surface area (Å²) in [4.78, 5) is 29.1. The Morgan fingerprint density at radius 2 is 1.88 bits per heavy atom. The summed E-state index contributed by atoms with van der Waals surface area (Å²) in [5, 5.41) is 12.0. The predicted octanol–water partition coefficient (Wildman–Crippen LogP) is 4.38. The van der Waals surface area contributed by atoms with Crippen LogP contribution in [-0.4, -0.2) is 22.0 Å². The van der Waals surface area contributed by atoms with E-state index < -0.39 is 5.97 Å². The van der Waals surface area contributed by atoms with E-state index in [0.29, 0.717) is 4.88 Å². The summed E-state index contributed by atoms with van der Waals surface area (Å²) >= 11 is 1.33. The number of thiophene rings is 1. The molecular formula is C19H16N2O3S. The number of pyridine rings is 1. The van der Waals surface area contributed by atoms with Crippen molar-refractivity contribution in [1.29, 1.82) is 0 Å². The molecule has 6 heteroatoms. The Kier molecular flexibility index (Phi) is 4.63. The highest BCUT2D eigenvalue weighted by Gasteiger charge is 2.14. The largest absolute Gasteiger partial charge is 0.478 e. The molecule has 0 bridgehead atoms. The zero-order chi connectivity index (χ0) is 18.0. The number of benzene rings is 1. The molecule has 1 amide bonds. The van der Waals surface area contributed by atoms with E-state index in [1.54, 1.807) is 42.7 Å². The van der Waals surface area contributed by atoms with Crippen molar-refractivity contribution in [3.8, 4) is 10.4 Å². The molecule has 0 aliphatic heterocycles. The summed E-state index contributed by atoms with van der Waals surface area (Å²) in [6.45, 7) is 3.80. The molecule has 0 unspecified atom stereocenters. The molecule has 0 fully saturated rings. The maximum Gasteiger partial charge on any atom is 0.335 e. The molecule has 2 heterocycles. The minimum absolute atomic E-state index is 0.197. The highest BCUT2D eigenvalue weighted by molar-refractivity contribution is 7.17. The lowest BCUT2D eigenvalue weighted by Crippen LogP contribution is -2.11. The van der Waals surface area contributed by atoms with Crippen LogP contribution in [-0.2, 0) is 0 Å². The Labute approximate surface area is 149 Å². The topological polar surface area (TPSA) is 79.3 Å². The molecule has 126 valence electrons. The van der Waals surface area contributed by atoms with Crippen molar-refractivity contribution in [2.24, 2.45) is 0 Å². The molecule has 0 spiro atoms. The van der Waals surface area contributed by atoms with E-state index in [9.17, 15) is 9.59 Å². The summed E-state index contributed by atoms with van der Waals surface area (Å²) in [6, 6.07) is 10.3. The number of hydrogen-bond donors (Lipinski definition) is 2. The van der Waals surface area contributed by atoms with Crippen molar-refractivity contribution in [3.05, 3.63) is 70.4 Å². The van der Waals surface area contributed by atoms with Crippen molar-refractivity contribution in [1.82, 2.24) is 4.98 Å². The van der Waals surface area contributed by atoms with E-state index in [4.69, 9.17) is 5.11 Å². The molecule has 0 aliphatic rings. The van der Waals surface area contributed by atoms with Gasteiger partial charge in [-0.2, -0.15) is 0 Å². The van der Waals surface area contributed by atoms with Crippen LogP contribution >= 0.6 is 11.3 Å². The lowest BCUT2D eigenvalue weighted by Gasteiger charge is -2.06. The quantitative estimate of drug-likeness (QED) is 0.730. The van der Waals surface area contributed by atoms with Crippen LogP contribution in [0.1, 0.15) is 31.2 Å². The van der Waals surface area contributed by atoms with Crippen LogP contribution in [0.5, 0.6) is 0 Å². The minimum Gasteiger partial charge on any atom is -0.478 e. The number of carbonyl (C=O) groups excluding carboxylic acids is 1. The van der Waals surface area contributed by atoms with Crippen LogP contribution in [0.25, 0.3) is 10.4 Å². The molecule has 5 nitrogen and oxygen atoms in total. The van der Waals surface area contributed by atoms with Gasteiger partial charge in [-0.25, -0.2) is 4.79 Å².